The summed E-state index contributed by atoms with van der Waals surface area (Å²) in [6, 6.07) is 0. The van der Waals surface area contributed by atoms with Crippen LogP contribution < -0.4 is 0 Å². The number of carbonyl (C=O) groups is 5. The van der Waals surface area contributed by atoms with Crippen molar-refractivity contribution in [3.63, 3.8) is 0 Å². The third kappa shape index (κ3) is 5.29. The minimum atomic E-state index is -1.48. The van der Waals surface area contributed by atoms with Crippen LogP contribution in [-0.2, 0) is 24.0 Å². The van der Waals surface area contributed by atoms with Crippen molar-refractivity contribution in [1.29, 1.82) is 0 Å². The molecule has 0 heterocycles. The molecule has 0 saturated heterocycles. The van der Waals surface area contributed by atoms with Crippen molar-refractivity contribution >= 4 is 28.9 Å². The zero-order valence-corrected chi connectivity index (χ0v) is 19.0. The first-order valence-corrected chi connectivity index (χ1v) is 11.3. The average molecular weight is 407 g/mol. The molecule has 29 heavy (non-hydrogen) atoms. The van der Waals surface area contributed by atoms with Crippen molar-refractivity contribution < 1.29 is 24.0 Å². The molecule has 1 aliphatic rings. The number of unbranched alkanes of at least 4 members (excludes halogenated alkanes) is 4. The van der Waals surface area contributed by atoms with Crippen LogP contribution in [0, 0.1) is 29.1 Å². The van der Waals surface area contributed by atoms with E-state index in [-0.39, 0.29) is 0 Å². The Morgan fingerprint density at radius 2 is 1.07 bits per heavy atom. The lowest BCUT2D eigenvalue weighted by Gasteiger charge is -2.41. The van der Waals surface area contributed by atoms with Crippen LogP contribution in [0.15, 0.2) is 0 Å². The monoisotopic (exact) mass is 406 g/mol. The van der Waals surface area contributed by atoms with E-state index in [1.165, 1.54) is 0 Å². The van der Waals surface area contributed by atoms with Gasteiger partial charge in [-0.05, 0) is 12.8 Å². The normalized spacial score (nSPS) is 21.9. The molecule has 2 unspecified atom stereocenters. The lowest BCUT2D eigenvalue weighted by molar-refractivity contribution is -0.162. The van der Waals surface area contributed by atoms with Crippen molar-refractivity contribution in [2.24, 2.45) is 29.1 Å². The summed E-state index contributed by atoms with van der Waals surface area (Å²) in [6.45, 7) is 10.7. The molecule has 1 rings (SSSR count). The zero-order valence-electron chi connectivity index (χ0n) is 19.0. The molecule has 0 bridgehead atoms. The highest BCUT2D eigenvalue weighted by atomic mass is 16.2. The smallest absolute Gasteiger partial charge is 0.168 e. The van der Waals surface area contributed by atoms with Crippen LogP contribution in [0.5, 0.6) is 0 Å². The van der Waals surface area contributed by atoms with E-state index < -0.39 is 58.0 Å². The summed E-state index contributed by atoms with van der Waals surface area (Å²) < 4.78 is 0. The Morgan fingerprint density at radius 1 is 0.724 bits per heavy atom. The molecule has 5 heteroatoms. The Hall–Kier alpha value is -1.65. The van der Waals surface area contributed by atoms with E-state index in [1.807, 2.05) is 13.8 Å². The number of hydrogen-bond donors (Lipinski definition) is 0. The molecule has 1 aliphatic carbocycles. The molecule has 1 fully saturated rings. The number of carbonyl (C=O) groups excluding carboxylic acids is 5. The Bertz CT molecular complexity index is 590. The molecular weight excluding hydrogens is 368 g/mol. The summed E-state index contributed by atoms with van der Waals surface area (Å²) in [7, 11) is 0. The van der Waals surface area contributed by atoms with Crippen molar-refractivity contribution in [3.8, 4) is 0 Å². The summed E-state index contributed by atoms with van der Waals surface area (Å²) in [5.41, 5.74) is -1.39. The van der Waals surface area contributed by atoms with Crippen LogP contribution in [0.4, 0.5) is 0 Å². The maximum absolute atomic E-state index is 13.6. The molecule has 2 atom stereocenters. The number of ketones is 5. The maximum Gasteiger partial charge on any atom is 0.168 e. The molecule has 5 nitrogen and oxygen atoms in total. The Morgan fingerprint density at radius 3 is 1.34 bits per heavy atom. The standard InChI is InChI=1S/C24H38O5/c1-7-9-11-13-24(14-12-10-8-2)22(28)17(19(25)15(3)4)21(27)18(23(24)29)20(26)16(5)6/h15-18H,7-14H2,1-6H3. The average Bonchev–Trinajstić information content (AvgIpc) is 2.65. The zero-order chi connectivity index (χ0) is 22.4. The van der Waals surface area contributed by atoms with E-state index in [9.17, 15) is 24.0 Å². The van der Waals surface area contributed by atoms with Gasteiger partial charge in [0.1, 0.15) is 11.8 Å². The van der Waals surface area contributed by atoms with Gasteiger partial charge in [-0.3, -0.25) is 24.0 Å². The fourth-order valence-corrected chi connectivity index (χ4v) is 4.28. The van der Waals surface area contributed by atoms with Gasteiger partial charge >= 0.3 is 0 Å². The molecule has 0 radical (unpaired) electrons. The van der Waals surface area contributed by atoms with Crippen LogP contribution in [0.2, 0.25) is 0 Å². The molecule has 1 saturated carbocycles. The largest absolute Gasteiger partial charge is 0.298 e. The highest BCUT2D eigenvalue weighted by Gasteiger charge is 2.61. The number of hydrogen-bond acceptors (Lipinski definition) is 5. The van der Waals surface area contributed by atoms with Gasteiger partial charge in [0.15, 0.2) is 28.9 Å². The van der Waals surface area contributed by atoms with Crippen molar-refractivity contribution in [2.75, 3.05) is 0 Å². The first-order valence-electron chi connectivity index (χ1n) is 11.3. The van der Waals surface area contributed by atoms with Gasteiger partial charge in [-0.1, -0.05) is 80.1 Å². The second kappa shape index (κ2) is 10.9. The minimum Gasteiger partial charge on any atom is -0.298 e. The Balaban J connectivity index is 3.55. The van der Waals surface area contributed by atoms with Crippen molar-refractivity contribution in [1.82, 2.24) is 0 Å². The van der Waals surface area contributed by atoms with Crippen molar-refractivity contribution in [2.45, 2.75) is 92.9 Å². The molecular formula is C24H38O5. The Kier molecular flexibility index (Phi) is 9.57. The maximum atomic E-state index is 13.6. The van der Waals surface area contributed by atoms with Gasteiger partial charge < -0.3 is 0 Å². The summed E-state index contributed by atoms with van der Waals surface area (Å²) in [5, 5.41) is 0. The second-order valence-electron chi connectivity index (χ2n) is 9.11. The predicted molar refractivity (Wildman–Crippen MR) is 112 cm³/mol. The van der Waals surface area contributed by atoms with E-state index in [0.717, 1.165) is 25.7 Å². The van der Waals surface area contributed by atoms with E-state index >= 15 is 0 Å². The van der Waals surface area contributed by atoms with Gasteiger partial charge in [-0.2, -0.15) is 0 Å². The highest BCUT2D eigenvalue weighted by molar-refractivity contribution is 6.39. The number of Topliss-reactive ketones (excluding diaryl/α,β-unsaturated/α-hetero) is 5. The fraction of sp³-hybridized carbons (Fsp3) is 0.792. The molecule has 0 aliphatic heterocycles. The van der Waals surface area contributed by atoms with Gasteiger partial charge in [0, 0.05) is 11.8 Å². The highest BCUT2D eigenvalue weighted by Crippen LogP contribution is 2.44. The second-order valence-corrected chi connectivity index (χ2v) is 9.11. The third-order valence-electron chi connectivity index (χ3n) is 6.16. The summed E-state index contributed by atoms with van der Waals surface area (Å²) in [5.74, 6) is -6.82. The molecule has 164 valence electrons. The molecule has 0 aromatic heterocycles. The van der Waals surface area contributed by atoms with E-state index in [4.69, 9.17) is 0 Å². The van der Waals surface area contributed by atoms with E-state index in [0.29, 0.717) is 25.7 Å². The van der Waals surface area contributed by atoms with Gasteiger partial charge in [0.25, 0.3) is 0 Å². The summed E-state index contributed by atoms with van der Waals surface area (Å²) in [6.07, 6.45) is 5.53. The third-order valence-corrected chi connectivity index (χ3v) is 6.16. The first kappa shape index (κ1) is 25.4. The van der Waals surface area contributed by atoms with Crippen LogP contribution in [0.25, 0.3) is 0 Å². The van der Waals surface area contributed by atoms with Gasteiger partial charge in [-0.25, -0.2) is 0 Å². The van der Waals surface area contributed by atoms with E-state index in [2.05, 4.69) is 0 Å². The van der Waals surface area contributed by atoms with Crippen LogP contribution >= 0.6 is 0 Å². The predicted octanol–water partition coefficient (Wildman–Crippen LogP) is 4.54. The Labute approximate surface area is 175 Å². The molecule has 0 amide bonds. The lowest BCUT2D eigenvalue weighted by Crippen LogP contribution is -2.60. The SMILES string of the molecule is CCCCCC1(CCCCC)C(=O)C(C(=O)C(C)C)C(=O)C(C(=O)C(C)C)C1=O. The molecule has 0 N–H and O–H groups in total. The first-order chi connectivity index (χ1) is 13.6. The summed E-state index contributed by atoms with van der Waals surface area (Å²) in [4.78, 5) is 65.9. The molecule has 0 aromatic carbocycles. The summed E-state index contributed by atoms with van der Waals surface area (Å²) >= 11 is 0. The quantitative estimate of drug-likeness (QED) is 0.351. The van der Waals surface area contributed by atoms with Crippen LogP contribution in [0.3, 0.4) is 0 Å². The molecule has 0 spiro atoms. The van der Waals surface area contributed by atoms with Gasteiger partial charge in [-0.15, -0.1) is 0 Å². The fourth-order valence-electron chi connectivity index (χ4n) is 4.28. The van der Waals surface area contributed by atoms with Crippen molar-refractivity contribution in [3.05, 3.63) is 0 Å². The molecule has 0 aromatic rings. The van der Waals surface area contributed by atoms with Crippen LogP contribution in [0.1, 0.15) is 92.9 Å². The van der Waals surface area contributed by atoms with Crippen LogP contribution in [-0.4, -0.2) is 28.9 Å². The van der Waals surface area contributed by atoms with E-state index in [1.54, 1.807) is 27.7 Å². The lowest BCUT2D eigenvalue weighted by atomic mass is 9.56. The topological polar surface area (TPSA) is 85.3 Å². The van der Waals surface area contributed by atoms with Gasteiger partial charge in [0.2, 0.25) is 0 Å². The number of rotatable bonds is 12. The minimum absolute atomic E-state index is 0.319. The van der Waals surface area contributed by atoms with Gasteiger partial charge in [0.05, 0.1) is 5.41 Å².